The van der Waals surface area contributed by atoms with Gasteiger partial charge in [0.2, 0.25) is 0 Å². The summed E-state index contributed by atoms with van der Waals surface area (Å²) >= 11 is 0. The molecule has 0 heterocycles. The molecule has 0 radical (unpaired) electrons. The van der Waals surface area contributed by atoms with Gasteiger partial charge in [-0.15, -0.1) is 0 Å². The van der Waals surface area contributed by atoms with Crippen molar-refractivity contribution >= 4 is 17.3 Å². The lowest BCUT2D eigenvalue weighted by Crippen LogP contribution is -2.12. The van der Waals surface area contributed by atoms with Crippen molar-refractivity contribution in [3.63, 3.8) is 0 Å². The first-order valence-corrected chi connectivity index (χ1v) is 9.02. The molecule has 3 N–H and O–H groups in total. The van der Waals surface area contributed by atoms with Crippen molar-refractivity contribution in [1.82, 2.24) is 0 Å². The van der Waals surface area contributed by atoms with Crippen LogP contribution in [0.5, 0.6) is 0 Å². The van der Waals surface area contributed by atoms with Gasteiger partial charge in [0, 0.05) is 6.54 Å². The van der Waals surface area contributed by atoms with E-state index in [4.69, 9.17) is 10.5 Å². The third-order valence-corrected chi connectivity index (χ3v) is 4.39. The number of nitrogens with zero attached hydrogens (tertiary/aromatic N) is 1. The Morgan fingerprint density at radius 1 is 1.07 bits per heavy atom. The topological polar surface area (TPSA) is 88.1 Å². The van der Waals surface area contributed by atoms with Crippen molar-refractivity contribution in [2.75, 3.05) is 17.7 Å². The van der Waals surface area contributed by atoms with Crippen molar-refractivity contribution in [3.05, 3.63) is 83.4 Å². The van der Waals surface area contributed by atoms with Gasteiger partial charge in [0.25, 0.3) is 0 Å². The zero-order chi connectivity index (χ0) is 19.9. The Bertz CT molecular complexity index is 1020. The van der Waals surface area contributed by atoms with Crippen LogP contribution in [0, 0.1) is 11.3 Å². The predicted molar refractivity (Wildman–Crippen MR) is 111 cm³/mol. The van der Waals surface area contributed by atoms with Gasteiger partial charge >= 0.3 is 5.97 Å². The maximum atomic E-state index is 12.2. The van der Waals surface area contributed by atoms with E-state index in [0.717, 1.165) is 16.7 Å². The number of ether oxygens (including phenoxy) is 1. The Morgan fingerprint density at radius 2 is 1.86 bits per heavy atom. The fourth-order valence-corrected chi connectivity index (χ4v) is 2.97. The maximum Gasteiger partial charge on any atom is 0.340 e. The summed E-state index contributed by atoms with van der Waals surface area (Å²) in [6.07, 6.45) is 0. The minimum atomic E-state index is -0.433. The van der Waals surface area contributed by atoms with E-state index in [1.165, 1.54) is 0 Å². The standard InChI is InChI=1S/C23H21N3O2/c1-2-28-23(27)20-9-6-10-21(25)22(20)26-15-18-12-11-17(13-19(18)14-24)16-7-4-3-5-8-16/h3-13,26H,2,15,25H2,1H3. The molecular formula is C23H21N3O2. The molecule has 0 aliphatic carbocycles. The van der Waals surface area contributed by atoms with Crippen LogP contribution in [0.15, 0.2) is 66.7 Å². The van der Waals surface area contributed by atoms with Crippen molar-refractivity contribution < 1.29 is 9.53 Å². The lowest BCUT2D eigenvalue weighted by atomic mass is 9.99. The molecule has 0 atom stereocenters. The second kappa shape index (κ2) is 8.74. The Morgan fingerprint density at radius 3 is 2.57 bits per heavy atom. The van der Waals surface area contributed by atoms with Gasteiger partial charge in [-0.2, -0.15) is 5.26 Å². The lowest BCUT2D eigenvalue weighted by Gasteiger charge is -2.15. The molecule has 28 heavy (non-hydrogen) atoms. The molecule has 0 saturated heterocycles. The quantitative estimate of drug-likeness (QED) is 0.488. The summed E-state index contributed by atoms with van der Waals surface area (Å²) < 4.78 is 5.10. The summed E-state index contributed by atoms with van der Waals surface area (Å²) in [5.41, 5.74) is 10.8. The molecule has 0 aliphatic heterocycles. The van der Waals surface area contributed by atoms with Crippen LogP contribution >= 0.6 is 0 Å². The summed E-state index contributed by atoms with van der Waals surface area (Å²) in [6.45, 7) is 2.40. The molecule has 5 nitrogen and oxygen atoms in total. The van der Waals surface area contributed by atoms with Crippen molar-refractivity contribution in [3.8, 4) is 17.2 Å². The van der Waals surface area contributed by atoms with Crippen LogP contribution in [0.4, 0.5) is 11.4 Å². The van der Waals surface area contributed by atoms with E-state index in [1.807, 2.05) is 48.5 Å². The fraction of sp³-hybridized carbons (Fsp3) is 0.130. The van der Waals surface area contributed by atoms with Crippen molar-refractivity contribution in [2.24, 2.45) is 0 Å². The van der Waals surface area contributed by atoms with Gasteiger partial charge in [0.05, 0.1) is 35.2 Å². The smallest absolute Gasteiger partial charge is 0.340 e. The Kier molecular flexibility index (Phi) is 5.93. The van der Waals surface area contributed by atoms with Crippen LogP contribution in [0.1, 0.15) is 28.4 Å². The van der Waals surface area contributed by atoms with E-state index in [9.17, 15) is 10.1 Å². The summed E-state index contributed by atoms with van der Waals surface area (Å²) in [7, 11) is 0. The number of para-hydroxylation sites is 1. The second-order valence-corrected chi connectivity index (χ2v) is 6.19. The second-order valence-electron chi connectivity index (χ2n) is 6.19. The van der Waals surface area contributed by atoms with Crippen LogP contribution in [0.25, 0.3) is 11.1 Å². The largest absolute Gasteiger partial charge is 0.462 e. The summed E-state index contributed by atoms with van der Waals surface area (Å²) in [5, 5.41) is 12.8. The van der Waals surface area contributed by atoms with Crippen LogP contribution in [0.2, 0.25) is 0 Å². The number of nitrogens with two attached hydrogens (primary N) is 1. The van der Waals surface area contributed by atoms with E-state index < -0.39 is 5.97 Å². The van der Waals surface area contributed by atoms with Gasteiger partial charge in [-0.1, -0.05) is 48.5 Å². The minimum Gasteiger partial charge on any atom is -0.462 e. The van der Waals surface area contributed by atoms with Gasteiger partial charge in [-0.25, -0.2) is 4.79 Å². The first-order valence-electron chi connectivity index (χ1n) is 9.02. The lowest BCUT2D eigenvalue weighted by molar-refractivity contribution is 0.0527. The monoisotopic (exact) mass is 371 g/mol. The number of carbonyl (C=O) groups is 1. The molecule has 0 unspecified atom stereocenters. The van der Waals surface area contributed by atoms with Gasteiger partial charge in [0.15, 0.2) is 0 Å². The molecule has 0 bridgehead atoms. The van der Waals surface area contributed by atoms with Crippen LogP contribution in [-0.4, -0.2) is 12.6 Å². The highest BCUT2D eigenvalue weighted by atomic mass is 16.5. The van der Waals surface area contributed by atoms with E-state index in [0.29, 0.717) is 29.0 Å². The Hall–Kier alpha value is -3.78. The minimum absolute atomic E-state index is 0.284. The molecule has 0 spiro atoms. The molecule has 3 aromatic carbocycles. The molecule has 3 rings (SSSR count). The molecular weight excluding hydrogens is 350 g/mol. The highest BCUT2D eigenvalue weighted by Gasteiger charge is 2.15. The first kappa shape index (κ1) is 19.0. The number of esters is 1. The molecule has 0 aromatic heterocycles. The van der Waals surface area contributed by atoms with E-state index in [2.05, 4.69) is 11.4 Å². The molecule has 5 heteroatoms. The average Bonchev–Trinajstić information content (AvgIpc) is 2.73. The van der Waals surface area contributed by atoms with Crippen molar-refractivity contribution in [1.29, 1.82) is 5.26 Å². The zero-order valence-electron chi connectivity index (χ0n) is 15.6. The zero-order valence-corrected chi connectivity index (χ0v) is 15.6. The third-order valence-electron chi connectivity index (χ3n) is 4.39. The van der Waals surface area contributed by atoms with Crippen LogP contribution in [-0.2, 0) is 11.3 Å². The van der Waals surface area contributed by atoms with Gasteiger partial charge in [0.1, 0.15) is 0 Å². The maximum absolute atomic E-state index is 12.2. The summed E-state index contributed by atoms with van der Waals surface area (Å²) in [6, 6.07) is 23.0. The number of hydrogen-bond donors (Lipinski definition) is 2. The van der Waals surface area contributed by atoms with Crippen LogP contribution in [0.3, 0.4) is 0 Å². The SMILES string of the molecule is CCOC(=O)c1cccc(N)c1NCc1ccc(-c2ccccc2)cc1C#N. The average molecular weight is 371 g/mol. The molecule has 3 aromatic rings. The molecule has 0 saturated carbocycles. The third kappa shape index (κ3) is 4.13. The van der Waals surface area contributed by atoms with Gasteiger partial charge in [-0.3, -0.25) is 0 Å². The number of rotatable bonds is 6. The highest BCUT2D eigenvalue weighted by Crippen LogP contribution is 2.27. The number of nitriles is 1. The van der Waals surface area contributed by atoms with Gasteiger partial charge in [-0.05, 0) is 41.8 Å². The fourth-order valence-electron chi connectivity index (χ4n) is 2.97. The summed E-state index contributed by atoms with van der Waals surface area (Å²) in [5.74, 6) is -0.433. The van der Waals surface area contributed by atoms with Gasteiger partial charge < -0.3 is 15.8 Å². The van der Waals surface area contributed by atoms with Crippen molar-refractivity contribution in [2.45, 2.75) is 13.5 Å². The molecule has 0 amide bonds. The number of nitrogens with one attached hydrogen (secondary N) is 1. The van der Waals surface area contributed by atoms with Crippen LogP contribution < -0.4 is 11.1 Å². The molecule has 140 valence electrons. The number of nitrogen functional groups attached to an aromatic ring is 1. The molecule has 0 fully saturated rings. The Balaban J connectivity index is 1.86. The number of carbonyl (C=O) groups excluding carboxylic acids is 1. The summed E-state index contributed by atoms with van der Waals surface area (Å²) in [4.78, 5) is 12.2. The molecule has 0 aliphatic rings. The number of anilines is 2. The normalized spacial score (nSPS) is 10.1. The number of hydrogen-bond acceptors (Lipinski definition) is 5. The predicted octanol–water partition coefficient (Wildman–Crippen LogP) is 4.60. The Labute approximate surface area is 164 Å². The van der Waals surface area contributed by atoms with E-state index in [-0.39, 0.29) is 6.61 Å². The highest BCUT2D eigenvalue weighted by molar-refractivity contribution is 5.98. The number of benzene rings is 3. The first-order chi connectivity index (χ1) is 13.6. The van der Waals surface area contributed by atoms with E-state index in [1.54, 1.807) is 25.1 Å². The van der Waals surface area contributed by atoms with E-state index >= 15 is 0 Å².